The van der Waals surface area contributed by atoms with Gasteiger partial charge in [-0.1, -0.05) is 6.92 Å². The van der Waals surface area contributed by atoms with Gasteiger partial charge in [0.25, 0.3) is 0 Å². The van der Waals surface area contributed by atoms with Crippen LogP contribution in [0.5, 0.6) is 0 Å². The summed E-state index contributed by atoms with van der Waals surface area (Å²) in [5.41, 5.74) is 4.61. The van der Waals surface area contributed by atoms with E-state index in [1.807, 2.05) is 0 Å². The van der Waals surface area contributed by atoms with Crippen LogP contribution >= 0.6 is 11.3 Å². The van der Waals surface area contributed by atoms with Crippen molar-refractivity contribution >= 4 is 11.3 Å². The van der Waals surface area contributed by atoms with Gasteiger partial charge < -0.3 is 5.32 Å². The number of rotatable bonds is 6. The second-order valence-electron chi connectivity index (χ2n) is 4.71. The molecule has 0 aliphatic rings. The lowest BCUT2D eigenvalue weighted by Gasteiger charge is -2.11. The van der Waals surface area contributed by atoms with Gasteiger partial charge in [0.15, 0.2) is 5.82 Å². The maximum absolute atomic E-state index is 4.64. The van der Waals surface area contributed by atoms with Gasteiger partial charge >= 0.3 is 0 Å². The molecule has 19 heavy (non-hydrogen) atoms. The molecule has 4 heteroatoms. The number of hydrogen-bond acceptors (Lipinski definition) is 4. The Balaban J connectivity index is 2.13. The fraction of sp³-hybridized carbons (Fsp3) is 0.467. The molecule has 0 fully saturated rings. The van der Waals surface area contributed by atoms with Crippen molar-refractivity contribution in [2.75, 3.05) is 13.1 Å². The Morgan fingerprint density at radius 1 is 1.16 bits per heavy atom. The highest BCUT2D eigenvalue weighted by atomic mass is 32.1. The van der Waals surface area contributed by atoms with E-state index in [0.29, 0.717) is 0 Å². The zero-order chi connectivity index (χ0) is 13.7. The molecule has 102 valence electrons. The fourth-order valence-electron chi connectivity index (χ4n) is 2.14. The normalized spacial score (nSPS) is 10.9. The highest BCUT2D eigenvalue weighted by molar-refractivity contribution is 7.08. The number of nitrogens with zero attached hydrogens (tertiary/aromatic N) is 2. The molecule has 0 saturated heterocycles. The lowest BCUT2D eigenvalue weighted by molar-refractivity contribution is 0.666. The molecule has 0 bridgehead atoms. The molecule has 0 saturated carbocycles. The minimum absolute atomic E-state index is 0.849. The van der Waals surface area contributed by atoms with Gasteiger partial charge in [0.1, 0.15) is 0 Å². The minimum atomic E-state index is 0.849. The Hall–Kier alpha value is -1.26. The first kappa shape index (κ1) is 14.2. The Bertz CT molecular complexity index is 497. The van der Waals surface area contributed by atoms with Gasteiger partial charge in [0.05, 0.1) is 0 Å². The second-order valence-corrected chi connectivity index (χ2v) is 5.49. The maximum Gasteiger partial charge on any atom is 0.160 e. The van der Waals surface area contributed by atoms with E-state index in [1.54, 1.807) is 11.3 Å². The molecule has 0 aliphatic heterocycles. The highest BCUT2D eigenvalue weighted by Crippen LogP contribution is 2.21. The summed E-state index contributed by atoms with van der Waals surface area (Å²) < 4.78 is 0. The van der Waals surface area contributed by atoms with Crippen molar-refractivity contribution in [3.05, 3.63) is 33.8 Å². The fourth-order valence-corrected chi connectivity index (χ4v) is 2.77. The number of thiophene rings is 1. The van der Waals surface area contributed by atoms with E-state index in [0.717, 1.165) is 42.3 Å². The van der Waals surface area contributed by atoms with Gasteiger partial charge in [-0.25, -0.2) is 9.97 Å². The quantitative estimate of drug-likeness (QED) is 0.821. The topological polar surface area (TPSA) is 37.8 Å². The standard InChI is InChI=1S/C15H21N3S/c1-4-7-16-8-5-14-11(2)17-15(18-12(14)3)13-6-9-19-10-13/h6,9-10,16H,4-5,7-8H2,1-3H3. The molecular formula is C15H21N3S. The highest BCUT2D eigenvalue weighted by Gasteiger charge is 2.09. The van der Waals surface area contributed by atoms with Crippen LogP contribution in [0.1, 0.15) is 30.3 Å². The largest absolute Gasteiger partial charge is 0.316 e. The van der Waals surface area contributed by atoms with Gasteiger partial charge in [-0.05, 0) is 56.8 Å². The van der Waals surface area contributed by atoms with Crippen LogP contribution in [0.2, 0.25) is 0 Å². The number of aromatic nitrogens is 2. The molecule has 0 spiro atoms. The van der Waals surface area contributed by atoms with E-state index < -0.39 is 0 Å². The zero-order valence-corrected chi connectivity index (χ0v) is 12.7. The van der Waals surface area contributed by atoms with Crippen LogP contribution in [-0.2, 0) is 6.42 Å². The van der Waals surface area contributed by atoms with Crippen LogP contribution in [-0.4, -0.2) is 23.1 Å². The van der Waals surface area contributed by atoms with Crippen LogP contribution in [0.15, 0.2) is 16.8 Å². The van der Waals surface area contributed by atoms with E-state index in [1.165, 1.54) is 12.0 Å². The first-order valence-corrected chi connectivity index (χ1v) is 7.74. The van der Waals surface area contributed by atoms with Gasteiger partial charge in [-0.3, -0.25) is 0 Å². The first-order valence-electron chi connectivity index (χ1n) is 6.79. The molecule has 2 aromatic heterocycles. The molecule has 0 radical (unpaired) electrons. The van der Waals surface area contributed by atoms with Crippen LogP contribution in [0, 0.1) is 13.8 Å². The minimum Gasteiger partial charge on any atom is -0.316 e. The smallest absolute Gasteiger partial charge is 0.160 e. The van der Waals surface area contributed by atoms with Crippen molar-refractivity contribution in [1.82, 2.24) is 15.3 Å². The molecule has 0 aliphatic carbocycles. The molecule has 1 N–H and O–H groups in total. The lowest BCUT2D eigenvalue weighted by atomic mass is 10.1. The Kier molecular flexibility index (Phi) is 5.05. The zero-order valence-electron chi connectivity index (χ0n) is 11.9. The summed E-state index contributed by atoms with van der Waals surface area (Å²) in [5, 5.41) is 7.58. The number of hydrogen-bond donors (Lipinski definition) is 1. The first-order chi connectivity index (χ1) is 9.22. The van der Waals surface area contributed by atoms with Crippen molar-refractivity contribution in [1.29, 1.82) is 0 Å². The van der Waals surface area contributed by atoms with Crippen molar-refractivity contribution in [3.63, 3.8) is 0 Å². The summed E-state index contributed by atoms with van der Waals surface area (Å²) >= 11 is 1.68. The van der Waals surface area contributed by atoms with Crippen LogP contribution in [0.25, 0.3) is 11.4 Å². The Morgan fingerprint density at radius 3 is 2.47 bits per heavy atom. The number of nitrogens with one attached hydrogen (secondary N) is 1. The van der Waals surface area contributed by atoms with E-state index in [-0.39, 0.29) is 0 Å². The van der Waals surface area contributed by atoms with Crippen LogP contribution < -0.4 is 5.32 Å². The van der Waals surface area contributed by atoms with Crippen LogP contribution in [0.3, 0.4) is 0 Å². The average Bonchev–Trinajstić information content (AvgIpc) is 2.90. The third kappa shape index (κ3) is 3.61. The van der Waals surface area contributed by atoms with Gasteiger partial charge in [-0.2, -0.15) is 11.3 Å². The van der Waals surface area contributed by atoms with Crippen molar-refractivity contribution in [2.45, 2.75) is 33.6 Å². The van der Waals surface area contributed by atoms with Gasteiger partial charge in [0.2, 0.25) is 0 Å². The molecule has 2 heterocycles. The second kappa shape index (κ2) is 6.78. The van der Waals surface area contributed by atoms with Crippen molar-refractivity contribution < 1.29 is 0 Å². The maximum atomic E-state index is 4.64. The lowest BCUT2D eigenvalue weighted by Crippen LogP contribution is -2.19. The third-order valence-electron chi connectivity index (χ3n) is 3.18. The molecule has 3 nitrogen and oxygen atoms in total. The molecule has 2 rings (SSSR count). The predicted octanol–water partition coefficient (Wildman–Crippen LogP) is 3.36. The summed E-state index contributed by atoms with van der Waals surface area (Å²) in [5.74, 6) is 0.849. The summed E-state index contributed by atoms with van der Waals surface area (Å²) in [7, 11) is 0. The molecule has 0 amide bonds. The summed E-state index contributed by atoms with van der Waals surface area (Å²) in [4.78, 5) is 9.29. The van der Waals surface area contributed by atoms with E-state index in [2.05, 4.69) is 52.9 Å². The third-order valence-corrected chi connectivity index (χ3v) is 3.86. The summed E-state index contributed by atoms with van der Waals surface area (Å²) in [6.45, 7) is 8.42. The summed E-state index contributed by atoms with van der Waals surface area (Å²) in [6.07, 6.45) is 2.17. The average molecular weight is 275 g/mol. The van der Waals surface area contributed by atoms with Gasteiger partial charge in [0, 0.05) is 22.3 Å². The Morgan fingerprint density at radius 2 is 1.89 bits per heavy atom. The predicted molar refractivity (Wildman–Crippen MR) is 81.7 cm³/mol. The van der Waals surface area contributed by atoms with Crippen molar-refractivity contribution in [2.24, 2.45) is 0 Å². The monoisotopic (exact) mass is 275 g/mol. The number of aryl methyl sites for hydroxylation is 2. The molecular weight excluding hydrogens is 254 g/mol. The molecule has 0 aromatic carbocycles. The van der Waals surface area contributed by atoms with E-state index in [4.69, 9.17) is 0 Å². The van der Waals surface area contributed by atoms with Crippen LogP contribution in [0.4, 0.5) is 0 Å². The Labute approximate surface area is 119 Å². The van der Waals surface area contributed by atoms with E-state index >= 15 is 0 Å². The SMILES string of the molecule is CCCNCCc1c(C)nc(-c2ccsc2)nc1C. The molecule has 0 unspecified atom stereocenters. The van der Waals surface area contributed by atoms with Gasteiger partial charge in [-0.15, -0.1) is 0 Å². The molecule has 0 atom stereocenters. The molecule has 2 aromatic rings. The van der Waals surface area contributed by atoms with E-state index in [9.17, 15) is 0 Å². The van der Waals surface area contributed by atoms with Crippen molar-refractivity contribution in [3.8, 4) is 11.4 Å². The summed E-state index contributed by atoms with van der Waals surface area (Å²) in [6, 6.07) is 2.07.